The van der Waals surface area contributed by atoms with Gasteiger partial charge in [-0.1, -0.05) is 36.4 Å². The van der Waals surface area contributed by atoms with Gasteiger partial charge < -0.3 is 10.2 Å². The summed E-state index contributed by atoms with van der Waals surface area (Å²) in [5.41, 5.74) is 1.96. The molecule has 0 bridgehead atoms. The highest BCUT2D eigenvalue weighted by atomic mass is 16.2. The van der Waals surface area contributed by atoms with E-state index < -0.39 is 0 Å². The van der Waals surface area contributed by atoms with Crippen LogP contribution in [0.25, 0.3) is 0 Å². The monoisotopic (exact) mass is 334 g/mol. The summed E-state index contributed by atoms with van der Waals surface area (Å²) in [5.74, 6) is -0.283. The van der Waals surface area contributed by atoms with E-state index in [4.69, 9.17) is 0 Å². The minimum Gasteiger partial charge on any atom is -0.384 e. The molecule has 0 aliphatic carbocycles. The summed E-state index contributed by atoms with van der Waals surface area (Å²) < 4.78 is 0. The van der Waals surface area contributed by atoms with Crippen molar-refractivity contribution in [3.05, 3.63) is 77.8 Å². The molecule has 25 heavy (non-hydrogen) atoms. The molecule has 0 atom stereocenters. The van der Waals surface area contributed by atoms with Crippen LogP contribution in [0.4, 0.5) is 0 Å². The molecule has 1 aromatic carbocycles. The fourth-order valence-corrected chi connectivity index (χ4v) is 2.33. The number of aromatic nitrogens is 1. The number of hydrogen-bond donors (Lipinski definition) is 1. The van der Waals surface area contributed by atoms with Gasteiger partial charge in [-0.05, 0) is 31.5 Å². The third-order valence-corrected chi connectivity index (χ3v) is 3.69. The van der Waals surface area contributed by atoms with Gasteiger partial charge in [-0.25, -0.2) is 0 Å². The van der Waals surface area contributed by atoms with Gasteiger partial charge >= 0.3 is 0 Å². The quantitative estimate of drug-likeness (QED) is 0.624. The van der Waals surface area contributed by atoms with E-state index in [9.17, 15) is 10.1 Å². The van der Waals surface area contributed by atoms with Crippen LogP contribution in [-0.2, 0) is 17.9 Å². The van der Waals surface area contributed by atoms with Gasteiger partial charge in [0.2, 0.25) is 0 Å². The molecule has 0 aliphatic heterocycles. The third-order valence-electron chi connectivity index (χ3n) is 3.69. The molecule has 0 aliphatic rings. The van der Waals surface area contributed by atoms with Crippen LogP contribution in [0.5, 0.6) is 0 Å². The summed E-state index contributed by atoms with van der Waals surface area (Å²) in [4.78, 5) is 18.6. The molecule has 0 saturated heterocycles. The fraction of sp³-hybridized carbons (Fsp3) is 0.250. The Hall–Kier alpha value is -3.13. The topological polar surface area (TPSA) is 69.0 Å². The molecule has 5 heteroatoms. The first-order chi connectivity index (χ1) is 12.1. The smallest absolute Gasteiger partial charge is 0.266 e. The zero-order chi connectivity index (χ0) is 18.1. The molecule has 128 valence electrons. The fourth-order valence-electron chi connectivity index (χ4n) is 2.33. The maximum Gasteiger partial charge on any atom is 0.266 e. The number of hydrogen-bond acceptors (Lipinski definition) is 4. The number of pyridine rings is 1. The van der Waals surface area contributed by atoms with Gasteiger partial charge in [0.05, 0.1) is 12.2 Å². The van der Waals surface area contributed by atoms with E-state index in [-0.39, 0.29) is 17.5 Å². The number of nitrogens with one attached hydrogen (secondary N) is 1. The molecule has 1 aromatic heterocycles. The number of carbonyl (C=O) groups is 1. The van der Waals surface area contributed by atoms with E-state index >= 15 is 0 Å². The molecule has 0 saturated carbocycles. The van der Waals surface area contributed by atoms with Crippen molar-refractivity contribution in [3.8, 4) is 6.07 Å². The first kappa shape index (κ1) is 18.2. The Labute approximate surface area is 148 Å². The zero-order valence-corrected chi connectivity index (χ0v) is 14.5. The highest BCUT2D eigenvalue weighted by molar-refractivity contribution is 5.97. The predicted molar refractivity (Wildman–Crippen MR) is 96.9 cm³/mol. The molecular weight excluding hydrogens is 312 g/mol. The lowest BCUT2D eigenvalue weighted by Crippen LogP contribution is -2.37. The second-order valence-electron chi connectivity index (χ2n) is 5.88. The molecule has 1 N–H and O–H groups in total. The predicted octanol–water partition coefficient (Wildman–Crippen LogP) is 3.02. The van der Waals surface area contributed by atoms with Crippen molar-refractivity contribution in [2.24, 2.45) is 0 Å². The van der Waals surface area contributed by atoms with Gasteiger partial charge in [0, 0.05) is 25.0 Å². The first-order valence-electron chi connectivity index (χ1n) is 8.20. The van der Waals surface area contributed by atoms with Crippen molar-refractivity contribution in [2.45, 2.75) is 33.0 Å². The maximum absolute atomic E-state index is 12.7. The van der Waals surface area contributed by atoms with E-state index in [2.05, 4.69) is 10.3 Å². The molecule has 0 fully saturated rings. The van der Waals surface area contributed by atoms with Gasteiger partial charge in [0.15, 0.2) is 0 Å². The lowest BCUT2D eigenvalue weighted by Gasteiger charge is -2.26. The number of amides is 1. The van der Waals surface area contributed by atoms with Crippen LogP contribution in [0.2, 0.25) is 0 Å². The van der Waals surface area contributed by atoms with E-state index in [1.165, 1.54) is 6.20 Å². The van der Waals surface area contributed by atoms with Gasteiger partial charge in [0.1, 0.15) is 11.6 Å². The standard InChI is InChI=1S/C20H22N4O/c1-16(2)24(15-17-8-4-3-5-9-17)20(25)18(12-21)13-22-14-19-10-6-7-11-23-19/h3-11,13,16,22H,14-15H2,1-2H3/b18-13-. The summed E-state index contributed by atoms with van der Waals surface area (Å²) in [6.07, 6.45) is 3.18. The molecule has 1 amide bonds. The van der Waals surface area contributed by atoms with Crippen molar-refractivity contribution < 1.29 is 4.79 Å². The first-order valence-corrected chi connectivity index (χ1v) is 8.20. The molecular formula is C20H22N4O. The van der Waals surface area contributed by atoms with Gasteiger partial charge in [-0.2, -0.15) is 5.26 Å². The number of rotatable bonds is 7. The summed E-state index contributed by atoms with van der Waals surface area (Å²) in [5, 5.41) is 12.4. The zero-order valence-electron chi connectivity index (χ0n) is 14.5. The van der Waals surface area contributed by atoms with Crippen LogP contribution in [-0.4, -0.2) is 21.8 Å². The number of nitriles is 1. The lowest BCUT2D eigenvalue weighted by atomic mass is 10.1. The van der Waals surface area contributed by atoms with Crippen LogP contribution in [0.3, 0.4) is 0 Å². The van der Waals surface area contributed by atoms with Crippen LogP contribution < -0.4 is 5.32 Å². The minimum absolute atomic E-state index is 0.0137. The van der Waals surface area contributed by atoms with Crippen molar-refractivity contribution in [2.75, 3.05) is 0 Å². The molecule has 5 nitrogen and oxygen atoms in total. The third kappa shape index (κ3) is 5.47. The second kappa shape index (κ2) is 9.24. The summed E-state index contributed by atoms with van der Waals surface area (Å²) >= 11 is 0. The number of benzene rings is 1. The minimum atomic E-state index is -0.283. The Morgan fingerprint density at radius 3 is 2.56 bits per heavy atom. The van der Waals surface area contributed by atoms with Crippen LogP contribution in [0, 0.1) is 11.3 Å². The van der Waals surface area contributed by atoms with Crippen molar-refractivity contribution in [1.82, 2.24) is 15.2 Å². The maximum atomic E-state index is 12.7. The Bertz CT molecular complexity index is 748. The lowest BCUT2D eigenvalue weighted by molar-refractivity contribution is -0.129. The summed E-state index contributed by atoms with van der Waals surface area (Å²) in [6, 6.07) is 17.4. The normalized spacial score (nSPS) is 11.0. The average Bonchev–Trinajstić information content (AvgIpc) is 2.64. The molecule has 1 heterocycles. The number of nitrogens with zero attached hydrogens (tertiary/aromatic N) is 3. The van der Waals surface area contributed by atoms with Crippen molar-refractivity contribution >= 4 is 5.91 Å². The Kier molecular flexibility index (Phi) is 6.73. The van der Waals surface area contributed by atoms with Gasteiger partial charge in [-0.3, -0.25) is 9.78 Å². The SMILES string of the molecule is CC(C)N(Cc1ccccc1)C(=O)/C(C#N)=C\NCc1ccccn1. The van der Waals surface area contributed by atoms with E-state index in [0.29, 0.717) is 13.1 Å². The van der Waals surface area contributed by atoms with E-state index in [1.54, 1.807) is 11.1 Å². The Balaban J connectivity index is 2.07. The van der Waals surface area contributed by atoms with E-state index in [0.717, 1.165) is 11.3 Å². The highest BCUT2D eigenvalue weighted by Gasteiger charge is 2.21. The summed E-state index contributed by atoms with van der Waals surface area (Å²) in [7, 11) is 0. The second-order valence-corrected chi connectivity index (χ2v) is 5.88. The largest absolute Gasteiger partial charge is 0.384 e. The van der Waals surface area contributed by atoms with Crippen molar-refractivity contribution in [3.63, 3.8) is 0 Å². The molecule has 0 unspecified atom stereocenters. The van der Waals surface area contributed by atoms with Gasteiger partial charge in [-0.15, -0.1) is 0 Å². The van der Waals surface area contributed by atoms with Crippen LogP contribution in [0.15, 0.2) is 66.5 Å². The highest BCUT2D eigenvalue weighted by Crippen LogP contribution is 2.12. The summed E-state index contributed by atoms with van der Waals surface area (Å²) in [6.45, 7) is 4.81. The van der Waals surface area contributed by atoms with E-state index in [1.807, 2.05) is 68.4 Å². The average molecular weight is 334 g/mol. The van der Waals surface area contributed by atoms with Crippen LogP contribution >= 0.6 is 0 Å². The molecule has 0 spiro atoms. The Morgan fingerprint density at radius 2 is 1.96 bits per heavy atom. The molecule has 2 aromatic rings. The Morgan fingerprint density at radius 1 is 1.24 bits per heavy atom. The number of carbonyl (C=O) groups excluding carboxylic acids is 1. The van der Waals surface area contributed by atoms with Gasteiger partial charge in [0.25, 0.3) is 5.91 Å². The molecule has 2 rings (SSSR count). The molecule has 0 radical (unpaired) electrons. The van der Waals surface area contributed by atoms with Crippen molar-refractivity contribution in [1.29, 1.82) is 5.26 Å². The van der Waals surface area contributed by atoms with Crippen LogP contribution in [0.1, 0.15) is 25.1 Å².